The summed E-state index contributed by atoms with van der Waals surface area (Å²) in [6, 6.07) is 0. The van der Waals surface area contributed by atoms with Crippen molar-refractivity contribution in [3.63, 3.8) is 0 Å². The number of carbonyl (C=O) groups is 4. The van der Waals surface area contributed by atoms with Crippen LogP contribution in [0.15, 0.2) is 0 Å². The second kappa shape index (κ2) is 34.2. The average Bonchev–Trinajstić information content (AvgIpc) is 2.00. The van der Waals surface area contributed by atoms with Crippen LogP contribution in [0.5, 0.6) is 0 Å². The summed E-state index contributed by atoms with van der Waals surface area (Å²) in [5.74, 6) is 5.90. The van der Waals surface area contributed by atoms with Crippen LogP contribution < -0.4 is 0 Å². The highest BCUT2D eigenvalue weighted by Gasteiger charge is 2.62. The molecule has 0 aromatic carbocycles. The van der Waals surface area contributed by atoms with E-state index < -0.39 is 30.4 Å². The topological polar surface area (TPSA) is 263 Å². The Hall–Kier alpha value is -2.51. The fraction of sp³-hybridized carbons (Fsp3) is 0.937. The van der Waals surface area contributed by atoms with E-state index in [9.17, 15) is 44.4 Å². The largest absolute Gasteiger partial charge is 0.465 e. The van der Waals surface area contributed by atoms with Crippen molar-refractivity contribution >= 4 is 54.2 Å². The predicted molar refractivity (Wildman–Crippen MR) is 325 cm³/mol. The minimum Gasteiger partial charge on any atom is -0.465 e. The molecule has 18 fully saturated rings. The number of rotatable bonds is 0. The highest BCUT2D eigenvalue weighted by atomic mass is 32.2. The molecule has 22 atom stereocenters. The lowest BCUT2D eigenvalue weighted by Crippen LogP contribution is -2.41. The van der Waals surface area contributed by atoms with Gasteiger partial charge in [-0.2, -0.15) is 25.3 Å². The van der Waals surface area contributed by atoms with Crippen molar-refractivity contribution in [2.75, 3.05) is 38.8 Å². The molecule has 13 heterocycles. The second-order valence-electron chi connectivity index (χ2n) is 23.6. The fourth-order valence-corrected chi connectivity index (χ4v) is 20.6. The van der Waals surface area contributed by atoms with Gasteiger partial charge in [-0.15, -0.1) is 0 Å². The number of esters is 4. The van der Waals surface area contributed by atoms with Crippen molar-refractivity contribution in [2.45, 2.75) is 265 Å². The van der Waals surface area contributed by atoms with E-state index in [-0.39, 0.29) is 94.5 Å². The quantitative estimate of drug-likeness (QED) is 0.124. The summed E-state index contributed by atoms with van der Waals surface area (Å²) in [5.41, 5.74) is 0. The molecule has 20 nitrogen and oxygen atoms in total. The second-order valence-corrected chi connectivity index (χ2v) is 28.9. The van der Waals surface area contributed by atoms with Crippen molar-refractivity contribution in [1.29, 1.82) is 0 Å². The molecule has 5 saturated carbocycles. The number of hydrogen-bond acceptors (Lipinski definition) is 20. The number of carbonyl (C=O) groups excluding carboxylic acids is 4. The maximum absolute atomic E-state index is 11.3. The molecule has 0 aromatic heterocycles. The van der Waals surface area contributed by atoms with E-state index in [0.29, 0.717) is 92.9 Å². The van der Waals surface area contributed by atoms with Crippen LogP contribution in [0.25, 0.3) is 0 Å². The van der Waals surface area contributed by atoms with Gasteiger partial charge >= 0.3 is 23.9 Å². The Labute approximate surface area is 517 Å². The highest BCUT2D eigenvalue weighted by Crippen LogP contribution is 2.56. The van der Waals surface area contributed by atoms with Gasteiger partial charge in [0.1, 0.15) is 17.5 Å². The number of ether oxygens (including phenoxy) is 7. The summed E-state index contributed by atoms with van der Waals surface area (Å²) in [4.78, 5) is 44.5. The lowest BCUT2D eigenvalue weighted by molar-refractivity contribution is -0.161. The van der Waals surface area contributed by atoms with E-state index in [2.05, 4.69) is 4.18 Å². The Morgan fingerprint density at radius 1 is 0.384 bits per heavy atom. The zero-order chi connectivity index (χ0) is 63.8. The Bertz CT molecular complexity index is 2350. The van der Waals surface area contributed by atoms with E-state index in [1.165, 1.54) is 25.7 Å². The summed E-state index contributed by atoms with van der Waals surface area (Å²) in [5, 5.41) is -0.488. The third kappa shape index (κ3) is 17.1. The SMILES string of the molecule is CC.CC.CC.CC.CC.CC.CC.O=C1OCC2C3CCC(O3)C12.O=C1OCC2CC3CC1C2C3.O=C1OCC2CC3CC1C2O3.O=C1OCC2CCCC1C2.O=S1(=O)CCCO1.O=S1(=O)OC2CC3CC1C2O3.O=S1(=O)OC2CC3CC2C1C3. The predicted octanol–water partition coefficient (Wildman–Crippen LogP) is 10.3. The zero-order valence-electron chi connectivity index (χ0n) is 54.4. The van der Waals surface area contributed by atoms with Crippen LogP contribution in [0, 0.1) is 71.0 Å². The molecule has 18 aliphatic rings. The van der Waals surface area contributed by atoms with E-state index in [4.69, 9.17) is 41.5 Å². The molecule has 23 heteroatoms. The molecule has 13 saturated heterocycles. The van der Waals surface area contributed by atoms with Gasteiger partial charge in [-0.05, 0) is 126 Å². The normalized spacial score (nSPS) is 42.2. The van der Waals surface area contributed by atoms with Crippen molar-refractivity contribution in [2.24, 2.45) is 71.0 Å². The smallest absolute Gasteiger partial charge is 0.312 e. The van der Waals surface area contributed by atoms with Crippen LogP contribution in [0.4, 0.5) is 0 Å². The van der Waals surface area contributed by atoms with Crippen LogP contribution >= 0.6 is 0 Å². The molecule has 18 rings (SSSR count). The molecule has 0 N–H and O–H groups in total. The van der Waals surface area contributed by atoms with Crippen molar-refractivity contribution in [3.8, 4) is 0 Å². The number of cyclic esters (lactones) is 4. The summed E-state index contributed by atoms with van der Waals surface area (Å²) in [6.07, 6.45) is 18.6. The number of fused-ring (bicyclic) bond motifs is 11. The van der Waals surface area contributed by atoms with Gasteiger partial charge in [-0.1, -0.05) is 103 Å². The number of hydrogen-bond donors (Lipinski definition) is 0. The molecule has 22 unspecified atom stereocenters. The van der Waals surface area contributed by atoms with E-state index in [0.717, 1.165) is 89.1 Å². The molecule has 86 heavy (non-hydrogen) atoms. The van der Waals surface area contributed by atoms with Gasteiger partial charge in [0.25, 0.3) is 30.4 Å². The third-order valence-electron chi connectivity index (χ3n) is 19.2. The molecule has 0 amide bonds. The van der Waals surface area contributed by atoms with Gasteiger partial charge in [-0.25, -0.2) is 0 Å². The molecule has 0 radical (unpaired) electrons. The first-order valence-corrected chi connectivity index (χ1v) is 38.3. The minimum atomic E-state index is -3.26. The van der Waals surface area contributed by atoms with E-state index in [1.807, 2.05) is 96.9 Å². The lowest BCUT2D eigenvalue weighted by Gasteiger charge is -2.32. The lowest BCUT2D eigenvalue weighted by atomic mass is 9.79. The Kier molecular flexibility index (Phi) is 29.5. The van der Waals surface area contributed by atoms with Crippen LogP contribution in [0.3, 0.4) is 0 Å². The minimum absolute atomic E-state index is 0.0257. The van der Waals surface area contributed by atoms with Crippen LogP contribution in [-0.4, -0.2) is 147 Å². The molecule has 500 valence electrons. The Morgan fingerprint density at radius 3 is 1.49 bits per heavy atom. The maximum atomic E-state index is 11.3. The molecule has 13 aliphatic heterocycles. The summed E-state index contributed by atoms with van der Waals surface area (Å²) < 4.78 is 116. The van der Waals surface area contributed by atoms with Crippen molar-refractivity contribution < 1.29 is 90.1 Å². The maximum Gasteiger partial charge on any atom is 0.312 e. The van der Waals surface area contributed by atoms with Crippen LogP contribution in [-0.2, 0) is 95.2 Å². The van der Waals surface area contributed by atoms with Crippen LogP contribution in [0.2, 0.25) is 0 Å². The molecule has 0 spiro atoms. The van der Waals surface area contributed by atoms with E-state index in [1.54, 1.807) is 0 Å². The van der Waals surface area contributed by atoms with Gasteiger partial charge in [0, 0.05) is 24.2 Å². The first-order chi connectivity index (χ1) is 41.4. The van der Waals surface area contributed by atoms with Gasteiger partial charge in [0.2, 0.25) is 0 Å². The van der Waals surface area contributed by atoms with Gasteiger partial charge in [0.15, 0.2) is 0 Å². The van der Waals surface area contributed by atoms with E-state index >= 15 is 0 Å². The molecular formula is C63H110O20S3. The summed E-state index contributed by atoms with van der Waals surface area (Å²) in [6.45, 7) is 31.0. The summed E-state index contributed by atoms with van der Waals surface area (Å²) in [7, 11) is -9.43. The standard InChI is InChI=1S/C9H12O2.2C8H10O3.C8H12O2.C7H10O3S.C6H8O4S.C3H6O3S.7C2H6/c10-9-8-3-5-1-6(4-11-9)7(8)2-5;9-8-6-2-5-1-4(3-10-8)7(6)11-5;9-8-7-4(3-10-8)5-1-2-6(7)11-5;9-8-7-3-1-2-6(4-7)5-10-8;8-11(9)7-3-4-1-5(7)6(2-4)10-11;7-11(8)5-2-3-1-4(10-11)6(5)9-3;4-7(5)3-1-2-6-7;7*1-2/h5-8H,1-4H2;2*4-7H,1-3H2;6-7H,1-5H2;4-7H,1-3H2;3-6H,1-2H2;1-3H2;7*1-2H3. The molecule has 12 bridgehead atoms. The first kappa shape index (κ1) is 74.2. The Morgan fingerprint density at radius 2 is 0.965 bits per heavy atom. The fourth-order valence-electron chi connectivity index (χ4n) is 16.0. The molecular weight excluding hydrogens is 1170 g/mol. The zero-order valence-corrected chi connectivity index (χ0v) is 56.8. The van der Waals surface area contributed by atoms with Crippen molar-refractivity contribution in [1.82, 2.24) is 0 Å². The van der Waals surface area contributed by atoms with Crippen molar-refractivity contribution in [3.05, 3.63) is 0 Å². The molecule has 0 aromatic rings. The first-order valence-electron chi connectivity index (χ1n) is 33.8. The average molecular weight is 1280 g/mol. The van der Waals surface area contributed by atoms with Gasteiger partial charge in [-0.3, -0.25) is 31.7 Å². The van der Waals surface area contributed by atoms with Gasteiger partial charge in [0.05, 0.1) is 104 Å². The monoisotopic (exact) mass is 1280 g/mol. The van der Waals surface area contributed by atoms with Crippen LogP contribution in [0.1, 0.15) is 206 Å². The molecule has 5 aliphatic carbocycles. The Balaban J connectivity index is 0.000000178. The summed E-state index contributed by atoms with van der Waals surface area (Å²) >= 11 is 0. The third-order valence-corrected chi connectivity index (χ3v) is 24.1. The van der Waals surface area contributed by atoms with Gasteiger partial charge < -0.3 is 33.2 Å². The highest BCUT2D eigenvalue weighted by molar-refractivity contribution is 7.88.